The van der Waals surface area contributed by atoms with Gasteiger partial charge in [-0.05, 0) is 68.5 Å². The maximum Gasteiger partial charge on any atom is 0.123 e. The summed E-state index contributed by atoms with van der Waals surface area (Å²) in [5, 5.41) is 10.2. The fourth-order valence-corrected chi connectivity index (χ4v) is 4.56. The van der Waals surface area contributed by atoms with Crippen LogP contribution in [0.2, 0.25) is 0 Å². The van der Waals surface area contributed by atoms with Gasteiger partial charge in [-0.2, -0.15) is 5.26 Å². The second kappa shape index (κ2) is 10.6. The molecule has 3 rings (SSSR count). The van der Waals surface area contributed by atoms with Crippen molar-refractivity contribution in [1.29, 1.82) is 5.26 Å². The van der Waals surface area contributed by atoms with Crippen LogP contribution in [0.1, 0.15) is 49.7 Å². The van der Waals surface area contributed by atoms with Crippen molar-refractivity contribution in [3.05, 3.63) is 71.5 Å². The molecule has 1 fully saturated rings. The van der Waals surface area contributed by atoms with Crippen molar-refractivity contribution in [3.63, 3.8) is 0 Å². The van der Waals surface area contributed by atoms with Gasteiger partial charge in [-0.15, -0.1) is 12.4 Å². The van der Waals surface area contributed by atoms with Crippen molar-refractivity contribution in [3.8, 4) is 6.07 Å². The van der Waals surface area contributed by atoms with Crippen molar-refractivity contribution in [2.24, 2.45) is 5.92 Å². The summed E-state index contributed by atoms with van der Waals surface area (Å²) >= 11 is 0. The Morgan fingerprint density at radius 2 is 1.71 bits per heavy atom. The fraction of sp³-hybridized carbons (Fsp3) is 0.458. The van der Waals surface area contributed by atoms with Crippen LogP contribution in [0.4, 0.5) is 4.39 Å². The first-order chi connectivity index (χ1) is 13.1. The van der Waals surface area contributed by atoms with Crippen molar-refractivity contribution in [2.75, 3.05) is 13.6 Å². The lowest BCUT2D eigenvalue weighted by molar-refractivity contribution is 0.272. The molecule has 1 saturated carbocycles. The first kappa shape index (κ1) is 22.4. The zero-order valence-corrected chi connectivity index (χ0v) is 17.4. The van der Waals surface area contributed by atoms with Gasteiger partial charge in [0.15, 0.2) is 0 Å². The summed E-state index contributed by atoms with van der Waals surface area (Å²) in [6.45, 7) is 1.87. The summed E-state index contributed by atoms with van der Waals surface area (Å²) in [4.78, 5) is 2.32. The number of nitriles is 1. The quantitative estimate of drug-likeness (QED) is 0.534. The van der Waals surface area contributed by atoms with Gasteiger partial charge >= 0.3 is 0 Å². The summed E-state index contributed by atoms with van der Waals surface area (Å²) in [5.74, 6) is 0.145. The second-order valence-corrected chi connectivity index (χ2v) is 7.90. The van der Waals surface area contributed by atoms with E-state index in [1.807, 2.05) is 18.2 Å². The fourth-order valence-electron chi connectivity index (χ4n) is 4.56. The molecule has 0 N–H and O–H groups in total. The Morgan fingerprint density at radius 3 is 2.32 bits per heavy atom. The number of nitrogens with zero attached hydrogens (tertiary/aromatic N) is 2. The Bertz CT molecular complexity index is 750. The van der Waals surface area contributed by atoms with Gasteiger partial charge in [0.1, 0.15) is 5.82 Å². The van der Waals surface area contributed by atoms with Crippen molar-refractivity contribution >= 4 is 12.4 Å². The van der Waals surface area contributed by atoms with Gasteiger partial charge in [-0.1, -0.05) is 55.3 Å². The molecule has 0 aromatic heterocycles. The molecule has 0 saturated heterocycles. The van der Waals surface area contributed by atoms with Gasteiger partial charge in [-0.25, -0.2) is 4.39 Å². The zero-order chi connectivity index (χ0) is 19.1. The maximum atomic E-state index is 13.4. The molecule has 1 aliphatic carbocycles. The molecule has 0 heterocycles. The van der Waals surface area contributed by atoms with Crippen LogP contribution in [0.5, 0.6) is 0 Å². The summed E-state index contributed by atoms with van der Waals surface area (Å²) in [7, 11) is 2.13. The third-order valence-corrected chi connectivity index (χ3v) is 6.02. The number of rotatable bonds is 8. The minimum absolute atomic E-state index is 0. The Labute approximate surface area is 174 Å². The molecular weight excluding hydrogens is 371 g/mol. The molecule has 1 atom stereocenters. The van der Waals surface area contributed by atoms with E-state index in [1.165, 1.54) is 30.5 Å². The Balaban J connectivity index is 0.00000280. The van der Waals surface area contributed by atoms with E-state index in [0.717, 1.165) is 44.3 Å². The second-order valence-electron chi connectivity index (χ2n) is 7.90. The number of benzene rings is 2. The summed E-state index contributed by atoms with van der Waals surface area (Å²) in [6.07, 6.45) is 6.39. The van der Waals surface area contributed by atoms with Crippen LogP contribution in [0, 0.1) is 23.1 Å². The number of hydrogen-bond donors (Lipinski definition) is 0. The number of hydrogen-bond acceptors (Lipinski definition) is 2. The van der Waals surface area contributed by atoms with Crippen LogP contribution in [-0.2, 0) is 12.0 Å². The molecule has 2 aromatic rings. The SMILES string of the molecule is CN(CCCC(C#N)(c1ccc(F)cc1)C1CCCC1)Cc1ccccc1.Cl. The van der Waals surface area contributed by atoms with Crippen LogP contribution in [-0.4, -0.2) is 18.5 Å². The van der Waals surface area contributed by atoms with E-state index < -0.39 is 5.41 Å². The highest BCUT2D eigenvalue weighted by atomic mass is 35.5. The Hall–Kier alpha value is -1.89. The van der Waals surface area contributed by atoms with Gasteiger partial charge in [0.2, 0.25) is 0 Å². The van der Waals surface area contributed by atoms with Gasteiger partial charge in [0.25, 0.3) is 0 Å². The van der Waals surface area contributed by atoms with E-state index >= 15 is 0 Å². The van der Waals surface area contributed by atoms with E-state index in [1.54, 1.807) is 0 Å². The topological polar surface area (TPSA) is 27.0 Å². The van der Waals surface area contributed by atoms with Crippen LogP contribution in [0.25, 0.3) is 0 Å². The van der Waals surface area contributed by atoms with E-state index in [9.17, 15) is 9.65 Å². The molecule has 0 spiro atoms. The highest BCUT2D eigenvalue weighted by molar-refractivity contribution is 5.85. The van der Waals surface area contributed by atoms with Gasteiger partial charge < -0.3 is 4.90 Å². The highest BCUT2D eigenvalue weighted by Gasteiger charge is 2.41. The third-order valence-electron chi connectivity index (χ3n) is 6.02. The summed E-state index contributed by atoms with van der Waals surface area (Å²) in [6, 6.07) is 19.8. The van der Waals surface area contributed by atoms with Gasteiger partial charge in [-0.3, -0.25) is 0 Å². The monoisotopic (exact) mass is 400 g/mol. The average molecular weight is 401 g/mol. The Kier molecular flexibility index (Phi) is 8.48. The predicted molar refractivity (Wildman–Crippen MR) is 115 cm³/mol. The third kappa shape index (κ3) is 5.34. The average Bonchev–Trinajstić information content (AvgIpc) is 3.22. The van der Waals surface area contributed by atoms with Crippen LogP contribution >= 0.6 is 12.4 Å². The molecule has 0 aliphatic heterocycles. The highest BCUT2D eigenvalue weighted by Crippen LogP contribution is 2.45. The predicted octanol–water partition coefficient (Wildman–Crippen LogP) is 6.11. The zero-order valence-electron chi connectivity index (χ0n) is 16.6. The normalized spacial score (nSPS) is 16.4. The molecule has 2 nitrogen and oxygen atoms in total. The molecule has 2 aromatic carbocycles. The molecule has 28 heavy (non-hydrogen) atoms. The van der Waals surface area contributed by atoms with Crippen molar-refractivity contribution in [2.45, 2.75) is 50.5 Å². The molecule has 0 bridgehead atoms. The van der Waals surface area contributed by atoms with Crippen LogP contribution < -0.4 is 0 Å². The van der Waals surface area contributed by atoms with E-state index in [-0.39, 0.29) is 18.2 Å². The summed E-state index contributed by atoms with van der Waals surface area (Å²) < 4.78 is 13.4. The van der Waals surface area contributed by atoms with E-state index in [0.29, 0.717) is 5.92 Å². The first-order valence-electron chi connectivity index (χ1n) is 10.0. The summed E-state index contributed by atoms with van der Waals surface area (Å²) in [5.41, 5.74) is 1.81. The van der Waals surface area contributed by atoms with E-state index in [4.69, 9.17) is 0 Å². The molecule has 0 radical (unpaired) electrons. The first-order valence-corrected chi connectivity index (χ1v) is 10.0. The lowest BCUT2D eigenvalue weighted by atomic mass is 9.67. The largest absolute Gasteiger partial charge is 0.302 e. The Morgan fingerprint density at radius 1 is 1.07 bits per heavy atom. The van der Waals surface area contributed by atoms with Gasteiger partial charge in [0, 0.05) is 6.54 Å². The van der Waals surface area contributed by atoms with E-state index in [2.05, 4.69) is 42.3 Å². The molecular formula is C24H30ClFN2. The standard InChI is InChI=1S/C24H29FN2.ClH/c1-27(18-20-8-3-2-4-9-20)17-7-16-24(19-26,21-10-5-6-11-21)22-12-14-23(25)15-13-22;/h2-4,8-9,12-15,21H,5-7,10-11,16-18H2,1H3;1H. The smallest absolute Gasteiger partial charge is 0.123 e. The maximum absolute atomic E-state index is 13.4. The lowest BCUT2D eigenvalue weighted by Gasteiger charge is -2.34. The minimum Gasteiger partial charge on any atom is -0.302 e. The molecule has 0 amide bonds. The van der Waals surface area contributed by atoms with Gasteiger partial charge in [0.05, 0.1) is 11.5 Å². The molecule has 1 unspecified atom stereocenters. The van der Waals surface area contributed by atoms with Crippen LogP contribution in [0.3, 0.4) is 0 Å². The molecule has 1 aliphatic rings. The lowest BCUT2D eigenvalue weighted by Crippen LogP contribution is -2.34. The molecule has 4 heteroatoms. The van der Waals surface area contributed by atoms with Crippen LogP contribution in [0.15, 0.2) is 54.6 Å². The van der Waals surface area contributed by atoms with Crippen molar-refractivity contribution < 1.29 is 4.39 Å². The minimum atomic E-state index is -0.488. The number of halogens is 2. The molecule has 150 valence electrons. The van der Waals surface area contributed by atoms with Crippen molar-refractivity contribution in [1.82, 2.24) is 4.90 Å².